The number of nitrogens with one attached hydrogen (secondary N) is 1. The third-order valence-electron chi connectivity index (χ3n) is 4.05. The first-order valence-electron chi connectivity index (χ1n) is 7.71. The van der Waals surface area contributed by atoms with E-state index in [1.165, 1.54) is 4.90 Å². The average molecular weight is 454 g/mol. The molecule has 0 spiro atoms. The van der Waals surface area contributed by atoms with Gasteiger partial charge in [0, 0.05) is 23.9 Å². The van der Waals surface area contributed by atoms with Gasteiger partial charge in [-0.25, -0.2) is 0 Å². The van der Waals surface area contributed by atoms with Crippen LogP contribution in [0.3, 0.4) is 0 Å². The topological polar surface area (TPSA) is 58.6 Å². The molecule has 7 heteroatoms. The van der Waals surface area contributed by atoms with Gasteiger partial charge in [-0.05, 0) is 45.3 Å². The van der Waals surface area contributed by atoms with Gasteiger partial charge >= 0.3 is 0 Å². The second-order valence-electron chi connectivity index (χ2n) is 7.18. The first kappa shape index (κ1) is 20.8. The zero-order valence-corrected chi connectivity index (χ0v) is 17.6. The molecule has 0 aromatic heterocycles. The van der Waals surface area contributed by atoms with Crippen molar-refractivity contribution in [1.82, 2.24) is 10.2 Å². The van der Waals surface area contributed by atoms with Gasteiger partial charge in [0.1, 0.15) is 8.96 Å². The molecule has 0 aliphatic carbocycles. The normalized spacial score (nSPS) is 18.8. The van der Waals surface area contributed by atoms with Gasteiger partial charge in [-0.3, -0.25) is 14.5 Å². The van der Waals surface area contributed by atoms with Crippen molar-refractivity contribution >= 4 is 43.7 Å². The Morgan fingerprint density at radius 1 is 1.09 bits per heavy atom. The maximum Gasteiger partial charge on any atom is 0.269 e. The highest BCUT2D eigenvalue weighted by Gasteiger charge is 2.39. The van der Waals surface area contributed by atoms with E-state index in [2.05, 4.69) is 51.0 Å². The van der Waals surface area contributed by atoms with Crippen LogP contribution in [-0.2, 0) is 14.3 Å². The molecule has 1 heterocycles. The molecule has 0 bridgehead atoms. The second kappa shape index (κ2) is 8.23. The van der Waals surface area contributed by atoms with Crippen LogP contribution in [0.4, 0.5) is 0 Å². The number of imide groups is 1. The maximum atomic E-state index is 12.1. The molecule has 132 valence electrons. The highest BCUT2D eigenvalue weighted by molar-refractivity contribution is 9.14. The van der Waals surface area contributed by atoms with Crippen LogP contribution in [0.25, 0.3) is 0 Å². The lowest BCUT2D eigenvalue weighted by Gasteiger charge is -2.32. The number of hydrogen-bond acceptors (Lipinski definition) is 4. The van der Waals surface area contributed by atoms with Gasteiger partial charge in [0.15, 0.2) is 0 Å². The van der Waals surface area contributed by atoms with Crippen molar-refractivity contribution in [3.05, 3.63) is 8.96 Å². The van der Waals surface area contributed by atoms with Gasteiger partial charge in [0.25, 0.3) is 11.8 Å². The fourth-order valence-corrected chi connectivity index (χ4v) is 3.18. The predicted octanol–water partition coefficient (Wildman–Crippen LogP) is 3.04. The summed E-state index contributed by atoms with van der Waals surface area (Å²) in [6.07, 6.45) is 1.02. The van der Waals surface area contributed by atoms with E-state index in [0.29, 0.717) is 19.8 Å². The Hall–Kier alpha value is -0.240. The second-order valence-corrected chi connectivity index (χ2v) is 8.76. The molecule has 1 rings (SSSR count). The molecule has 1 atom stereocenters. The Morgan fingerprint density at radius 2 is 1.61 bits per heavy atom. The van der Waals surface area contributed by atoms with Crippen LogP contribution in [0, 0.1) is 10.8 Å². The van der Waals surface area contributed by atoms with Gasteiger partial charge in [-0.15, -0.1) is 0 Å². The van der Waals surface area contributed by atoms with Crippen molar-refractivity contribution in [2.75, 3.05) is 33.4 Å². The lowest BCUT2D eigenvalue weighted by atomic mass is 9.88. The number of amides is 2. The molecule has 0 radical (unpaired) electrons. The molecule has 23 heavy (non-hydrogen) atoms. The summed E-state index contributed by atoms with van der Waals surface area (Å²) in [5.74, 6) is -0.605. The minimum Gasteiger partial charge on any atom is -0.380 e. The summed E-state index contributed by atoms with van der Waals surface area (Å²) >= 11 is 6.29. The quantitative estimate of drug-likeness (QED) is 0.545. The van der Waals surface area contributed by atoms with Crippen molar-refractivity contribution in [1.29, 1.82) is 0 Å². The number of hydrogen-bond donors (Lipinski definition) is 1. The number of carbonyl (C=O) groups is 2. The lowest BCUT2D eigenvalue weighted by molar-refractivity contribution is -0.139. The van der Waals surface area contributed by atoms with Crippen LogP contribution in [0.1, 0.15) is 34.1 Å². The number of rotatable bonds is 9. The summed E-state index contributed by atoms with van der Waals surface area (Å²) in [5, 5.41) is 3.19. The molecular formula is C16H26Br2N2O3. The maximum absolute atomic E-state index is 12.1. The zero-order valence-electron chi connectivity index (χ0n) is 14.5. The number of nitrogens with zero attached hydrogens (tertiary/aromatic N) is 1. The number of carbonyl (C=O) groups excluding carboxylic acids is 2. The summed E-state index contributed by atoms with van der Waals surface area (Å²) in [6.45, 7) is 10.7. The van der Waals surface area contributed by atoms with E-state index in [4.69, 9.17) is 4.74 Å². The molecule has 0 aromatic rings. The standard InChI is InChI=1S/C16H26Br2N2O3/c1-6-16(4,7-19-5)10-23-9-15(2,3)8-20-13(21)11(17)12(18)14(20)22/h19H,6-10H2,1-5H3. The first-order valence-corrected chi connectivity index (χ1v) is 9.29. The minimum atomic E-state index is -0.315. The lowest BCUT2D eigenvalue weighted by Crippen LogP contribution is -2.42. The predicted molar refractivity (Wildman–Crippen MR) is 98.5 cm³/mol. The first-order chi connectivity index (χ1) is 10.6. The van der Waals surface area contributed by atoms with E-state index in [1.54, 1.807) is 0 Å². The fraction of sp³-hybridized carbons (Fsp3) is 0.750. The molecule has 0 fully saturated rings. The van der Waals surface area contributed by atoms with Crippen molar-refractivity contribution in [3.8, 4) is 0 Å². The van der Waals surface area contributed by atoms with E-state index in [1.807, 2.05) is 20.9 Å². The molecule has 5 nitrogen and oxygen atoms in total. The minimum absolute atomic E-state index is 0.0811. The van der Waals surface area contributed by atoms with Crippen molar-refractivity contribution in [2.24, 2.45) is 10.8 Å². The van der Waals surface area contributed by atoms with Crippen LogP contribution >= 0.6 is 31.9 Å². The zero-order chi connectivity index (χ0) is 17.8. The van der Waals surface area contributed by atoms with Crippen LogP contribution in [0.5, 0.6) is 0 Å². The molecule has 0 aromatic carbocycles. The Bertz CT molecular complexity index is 482. The van der Waals surface area contributed by atoms with E-state index in [9.17, 15) is 9.59 Å². The summed E-state index contributed by atoms with van der Waals surface area (Å²) in [6, 6.07) is 0. The van der Waals surface area contributed by atoms with Gasteiger partial charge in [0.2, 0.25) is 0 Å². The van der Waals surface area contributed by atoms with Crippen LogP contribution < -0.4 is 5.32 Å². The molecule has 2 amide bonds. The van der Waals surface area contributed by atoms with E-state index >= 15 is 0 Å². The Labute approximate surface area is 155 Å². The van der Waals surface area contributed by atoms with Crippen LogP contribution in [-0.4, -0.2) is 50.1 Å². The van der Waals surface area contributed by atoms with Crippen LogP contribution in [0.15, 0.2) is 8.96 Å². The van der Waals surface area contributed by atoms with Crippen molar-refractivity contribution < 1.29 is 14.3 Å². The fourth-order valence-electron chi connectivity index (χ4n) is 2.41. The molecule has 0 saturated heterocycles. The van der Waals surface area contributed by atoms with Gasteiger partial charge in [-0.2, -0.15) is 0 Å². The number of ether oxygens (including phenoxy) is 1. The largest absolute Gasteiger partial charge is 0.380 e. The Balaban J connectivity index is 2.58. The Kier molecular flexibility index (Phi) is 7.44. The van der Waals surface area contributed by atoms with E-state index < -0.39 is 0 Å². The van der Waals surface area contributed by atoms with Gasteiger partial charge in [0.05, 0.1) is 13.2 Å². The molecule has 1 aliphatic rings. The summed E-state index contributed by atoms with van der Waals surface area (Å²) in [7, 11) is 1.94. The van der Waals surface area contributed by atoms with Crippen LogP contribution in [0.2, 0.25) is 0 Å². The van der Waals surface area contributed by atoms with Gasteiger partial charge in [-0.1, -0.05) is 27.7 Å². The molecule has 1 N–H and O–H groups in total. The van der Waals surface area contributed by atoms with Gasteiger partial charge < -0.3 is 10.1 Å². The Morgan fingerprint density at radius 3 is 2.04 bits per heavy atom. The average Bonchev–Trinajstić information content (AvgIpc) is 2.65. The smallest absolute Gasteiger partial charge is 0.269 e. The summed E-state index contributed by atoms with van der Waals surface area (Å²) < 4.78 is 6.48. The van der Waals surface area contributed by atoms with Crippen molar-refractivity contribution in [2.45, 2.75) is 34.1 Å². The molecule has 1 unspecified atom stereocenters. The highest BCUT2D eigenvalue weighted by Crippen LogP contribution is 2.32. The highest BCUT2D eigenvalue weighted by atomic mass is 79.9. The van der Waals surface area contributed by atoms with E-state index in [-0.39, 0.29) is 31.6 Å². The molecule has 1 aliphatic heterocycles. The third-order valence-corrected chi connectivity index (χ3v) is 6.05. The van der Waals surface area contributed by atoms with Crippen molar-refractivity contribution in [3.63, 3.8) is 0 Å². The summed E-state index contributed by atoms with van der Waals surface area (Å²) in [4.78, 5) is 25.4. The summed E-state index contributed by atoms with van der Waals surface area (Å²) in [5.41, 5.74) is -0.234. The third kappa shape index (κ3) is 5.37. The van der Waals surface area contributed by atoms with E-state index in [0.717, 1.165) is 13.0 Å². The SMILES string of the molecule is CCC(C)(CNC)COCC(C)(C)CN1C(=O)C(Br)=C(Br)C1=O. The molecule has 0 saturated carbocycles. The number of halogens is 2. The molecular weight excluding hydrogens is 428 g/mol. The monoisotopic (exact) mass is 452 g/mol.